The van der Waals surface area contributed by atoms with Crippen molar-refractivity contribution in [2.24, 2.45) is 10.8 Å². The Kier molecular flexibility index (Phi) is 5.84. The van der Waals surface area contributed by atoms with Crippen molar-refractivity contribution in [1.82, 2.24) is 0 Å². The topological polar surface area (TPSA) is 18.5 Å². The molecule has 0 saturated carbocycles. The molecule has 130 valence electrons. The first-order chi connectivity index (χ1) is 11.2. The fraction of sp³-hybridized carbons (Fsp3) is 0.455. The highest BCUT2D eigenvalue weighted by molar-refractivity contribution is 5.20. The molecule has 0 fully saturated rings. The molecule has 0 aliphatic carbocycles. The van der Waals surface area contributed by atoms with Crippen LogP contribution in [0.5, 0.6) is 0 Å². The molecule has 0 aromatic heterocycles. The standard InChI is InChI=1S/C22H30O2/c1-21(2,3)19(17-13-9-7-10-14-17)23-24-20(22(4,5)6)18-15-11-8-12-16-18/h7-16,19-20H,1-6H3. The highest BCUT2D eigenvalue weighted by atomic mass is 17.2. The number of hydrogen-bond donors (Lipinski definition) is 0. The molecule has 0 spiro atoms. The zero-order chi connectivity index (χ0) is 17.8. The van der Waals surface area contributed by atoms with Gasteiger partial charge in [-0.2, -0.15) is 0 Å². The van der Waals surface area contributed by atoms with Gasteiger partial charge in [-0.1, -0.05) is 102 Å². The van der Waals surface area contributed by atoms with Crippen molar-refractivity contribution in [3.8, 4) is 0 Å². The third-order valence-corrected chi connectivity index (χ3v) is 4.03. The summed E-state index contributed by atoms with van der Waals surface area (Å²) in [4.78, 5) is 12.1. The number of benzene rings is 2. The van der Waals surface area contributed by atoms with Crippen LogP contribution in [-0.4, -0.2) is 0 Å². The maximum Gasteiger partial charge on any atom is 0.123 e. The fourth-order valence-electron chi connectivity index (χ4n) is 2.77. The predicted octanol–water partition coefficient (Wildman–Crippen LogP) is 6.51. The molecule has 0 bridgehead atoms. The van der Waals surface area contributed by atoms with Crippen LogP contribution in [0.4, 0.5) is 0 Å². The quantitative estimate of drug-likeness (QED) is 0.460. The van der Waals surface area contributed by atoms with Gasteiger partial charge in [-0.05, 0) is 22.0 Å². The van der Waals surface area contributed by atoms with Crippen LogP contribution in [0.2, 0.25) is 0 Å². The van der Waals surface area contributed by atoms with Gasteiger partial charge in [0.15, 0.2) is 0 Å². The molecule has 2 atom stereocenters. The summed E-state index contributed by atoms with van der Waals surface area (Å²) in [5, 5.41) is 0. The highest BCUT2D eigenvalue weighted by Crippen LogP contribution is 2.41. The molecule has 0 aliphatic heterocycles. The third kappa shape index (κ3) is 4.93. The summed E-state index contributed by atoms with van der Waals surface area (Å²) in [7, 11) is 0. The fourth-order valence-corrected chi connectivity index (χ4v) is 2.77. The van der Waals surface area contributed by atoms with Crippen LogP contribution in [-0.2, 0) is 9.78 Å². The van der Waals surface area contributed by atoms with Crippen molar-refractivity contribution in [1.29, 1.82) is 0 Å². The lowest BCUT2D eigenvalue weighted by molar-refractivity contribution is -0.385. The molecule has 2 aromatic rings. The van der Waals surface area contributed by atoms with E-state index in [0.29, 0.717) is 0 Å². The molecule has 0 heterocycles. The van der Waals surface area contributed by atoms with E-state index in [-0.39, 0.29) is 23.0 Å². The smallest absolute Gasteiger partial charge is 0.123 e. The van der Waals surface area contributed by atoms with E-state index in [9.17, 15) is 0 Å². The van der Waals surface area contributed by atoms with Crippen LogP contribution in [0.3, 0.4) is 0 Å². The Labute approximate surface area is 146 Å². The minimum atomic E-state index is -0.132. The second kappa shape index (κ2) is 7.50. The second-order valence-corrected chi connectivity index (χ2v) is 8.51. The Morgan fingerprint density at radius 1 is 0.542 bits per heavy atom. The Bertz CT molecular complexity index is 548. The zero-order valence-corrected chi connectivity index (χ0v) is 15.7. The van der Waals surface area contributed by atoms with Crippen molar-refractivity contribution < 1.29 is 9.78 Å². The van der Waals surface area contributed by atoms with Gasteiger partial charge in [0.05, 0.1) is 0 Å². The molecule has 0 N–H and O–H groups in total. The molecule has 0 radical (unpaired) electrons. The molecule has 2 heteroatoms. The molecular weight excluding hydrogens is 296 g/mol. The van der Waals surface area contributed by atoms with Crippen molar-refractivity contribution in [3.63, 3.8) is 0 Å². The summed E-state index contributed by atoms with van der Waals surface area (Å²) in [5.74, 6) is 0. The van der Waals surface area contributed by atoms with E-state index in [4.69, 9.17) is 9.78 Å². The van der Waals surface area contributed by atoms with Crippen molar-refractivity contribution in [2.75, 3.05) is 0 Å². The second-order valence-electron chi connectivity index (χ2n) is 8.51. The Morgan fingerprint density at radius 2 is 0.833 bits per heavy atom. The molecule has 0 saturated heterocycles. The average Bonchev–Trinajstić information content (AvgIpc) is 2.51. The lowest BCUT2D eigenvalue weighted by atomic mass is 9.84. The summed E-state index contributed by atoms with van der Waals surface area (Å²) >= 11 is 0. The number of hydrogen-bond acceptors (Lipinski definition) is 2. The number of rotatable bonds is 5. The molecular formula is C22H30O2. The van der Waals surface area contributed by atoms with E-state index in [2.05, 4.69) is 65.8 Å². The minimum absolute atomic E-state index is 0.0690. The maximum absolute atomic E-state index is 6.04. The maximum atomic E-state index is 6.04. The first-order valence-electron chi connectivity index (χ1n) is 8.61. The molecule has 2 unspecified atom stereocenters. The van der Waals surface area contributed by atoms with Crippen molar-refractivity contribution in [3.05, 3.63) is 71.8 Å². The molecule has 0 amide bonds. The first-order valence-corrected chi connectivity index (χ1v) is 8.61. The van der Waals surface area contributed by atoms with Gasteiger partial charge in [0.1, 0.15) is 12.2 Å². The van der Waals surface area contributed by atoms with Crippen LogP contribution in [0.25, 0.3) is 0 Å². The van der Waals surface area contributed by atoms with E-state index in [0.717, 1.165) is 11.1 Å². The van der Waals surface area contributed by atoms with Gasteiger partial charge in [-0.15, -0.1) is 0 Å². The first kappa shape index (κ1) is 18.7. The van der Waals surface area contributed by atoms with E-state index in [1.54, 1.807) is 0 Å². The summed E-state index contributed by atoms with van der Waals surface area (Å²) in [6.45, 7) is 13.0. The zero-order valence-electron chi connectivity index (χ0n) is 15.7. The van der Waals surface area contributed by atoms with Gasteiger partial charge in [0.2, 0.25) is 0 Å². The van der Waals surface area contributed by atoms with Crippen molar-refractivity contribution in [2.45, 2.75) is 53.8 Å². The Morgan fingerprint density at radius 3 is 1.08 bits per heavy atom. The average molecular weight is 326 g/mol. The molecule has 0 aliphatic rings. The summed E-state index contributed by atoms with van der Waals surface area (Å²) in [6, 6.07) is 20.6. The van der Waals surface area contributed by atoms with Crippen LogP contribution in [0.15, 0.2) is 60.7 Å². The van der Waals surface area contributed by atoms with Gasteiger partial charge in [0, 0.05) is 0 Å². The summed E-state index contributed by atoms with van der Waals surface area (Å²) in [5.41, 5.74) is 2.12. The van der Waals surface area contributed by atoms with E-state index in [1.807, 2.05) is 36.4 Å². The normalized spacial score (nSPS) is 15.1. The van der Waals surface area contributed by atoms with Crippen LogP contribution >= 0.6 is 0 Å². The lowest BCUT2D eigenvalue weighted by Crippen LogP contribution is -2.26. The summed E-state index contributed by atoms with van der Waals surface area (Å²) < 4.78 is 0. The minimum Gasteiger partial charge on any atom is -0.227 e. The van der Waals surface area contributed by atoms with E-state index < -0.39 is 0 Å². The van der Waals surface area contributed by atoms with Crippen LogP contribution in [0.1, 0.15) is 64.9 Å². The van der Waals surface area contributed by atoms with E-state index >= 15 is 0 Å². The highest BCUT2D eigenvalue weighted by Gasteiger charge is 2.33. The predicted molar refractivity (Wildman–Crippen MR) is 99.4 cm³/mol. The van der Waals surface area contributed by atoms with Gasteiger partial charge in [-0.25, -0.2) is 9.78 Å². The van der Waals surface area contributed by atoms with E-state index in [1.165, 1.54) is 0 Å². The van der Waals surface area contributed by atoms with Crippen LogP contribution in [0, 0.1) is 10.8 Å². The Balaban J connectivity index is 2.23. The largest absolute Gasteiger partial charge is 0.227 e. The monoisotopic (exact) mass is 326 g/mol. The molecule has 2 aromatic carbocycles. The van der Waals surface area contributed by atoms with Gasteiger partial charge in [0.25, 0.3) is 0 Å². The third-order valence-electron chi connectivity index (χ3n) is 4.03. The van der Waals surface area contributed by atoms with Gasteiger partial charge in [-0.3, -0.25) is 0 Å². The molecule has 2 rings (SSSR count). The SMILES string of the molecule is CC(C)(C)C(OOC(c1ccccc1)C(C)(C)C)c1ccccc1. The van der Waals surface area contributed by atoms with Gasteiger partial charge >= 0.3 is 0 Å². The van der Waals surface area contributed by atoms with Crippen molar-refractivity contribution >= 4 is 0 Å². The summed E-state index contributed by atoms with van der Waals surface area (Å²) in [6.07, 6.45) is -0.264. The lowest BCUT2D eigenvalue weighted by Gasteiger charge is -2.35. The Hall–Kier alpha value is -1.64. The van der Waals surface area contributed by atoms with Gasteiger partial charge < -0.3 is 0 Å². The molecule has 24 heavy (non-hydrogen) atoms. The van der Waals surface area contributed by atoms with Crippen LogP contribution < -0.4 is 0 Å². The molecule has 2 nitrogen and oxygen atoms in total.